The Balaban J connectivity index is 2.45. The lowest BCUT2D eigenvalue weighted by Crippen LogP contribution is -2.17. The second-order valence-electron chi connectivity index (χ2n) is 4.98. The van der Waals surface area contributed by atoms with E-state index in [-0.39, 0.29) is 22.3 Å². The van der Waals surface area contributed by atoms with Crippen LogP contribution >= 0.6 is 11.6 Å². The highest BCUT2D eigenvalue weighted by Crippen LogP contribution is 2.37. The lowest BCUT2D eigenvalue weighted by atomic mass is 10.1. The summed E-state index contributed by atoms with van der Waals surface area (Å²) in [5.41, 5.74) is 1.58. The van der Waals surface area contributed by atoms with Gasteiger partial charge < -0.3 is 11.1 Å². The summed E-state index contributed by atoms with van der Waals surface area (Å²) in [6, 6.07) is 4.56. The van der Waals surface area contributed by atoms with Crippen LogP contribution in [0, 0.1) is 0 Å². The molecular weight excluding hydrogens is 374 g/mol. The molecule has 0 radical (unpaired) electrons. The maximum absolute atomic E-state index is 12.8. The van der Waals surface area contributed by atoms with Gasteiger partial charge >= 0.3 is 12.4 Å². The third-order valence-corrected chi connectivity index (χ3v) is 3.34. The molecule has 0 aliphatic heterocycles. The van der Waals surface area contributed by atoms with Crippen LogP contribution in [0.15, 0.2) is 36.4 Å². The molecule has 3 nitrogen and oxygen atoms in total. The maximum Gasteiger partial charge on any atom is 0.416 e. The standard InChI is InChI=1S/C15H9ClF6N2O/c16-9-1-2-12(23)11(6-9)13(25)24-10-4-7(14(17,18)19)3-8(5-10)15(20,21)22/h1-6H,23H2,(H,24,25). The molecule has 10 heteroatoms. The summed E-state index contributed by atoms with van der Waals surface area (Å²) in [5.74, 6) is -0.993. The molecule has 0 unspecified atom stereocenters. The van der Waals surface area contributed by atoms with Crippen molar-refractivity contribution in [1.82, 2.24) is 0 Å². The maximum atomic E-state index is 12.8. The van der Waals surface area contributed by atoms with Gasteiger partial charge in [0.15, 0.2) is 0 Å². The second kappa shape index (κ2) is 6.47. The number of benzene rings is 2. The van der Waals surface area contributed by atoms with Crippen molar-refractivity contribution in [2.24, 2.45) is 0 Å². The zero-order valence-electron chi connectivity index (χ0n) is 12.1. The van der Waals surface area contributed by atoms with Gasteiger partial charge in [0.2, 0.25) is 0 Å². The van der Waals surface area contributed by atoms with Crippen LogP contribution in [0.4, 0.5) is 37.7 Å². The van der Waals surface area contributed by atoms with Crippen LogP contribution in [-0.4, -0.2) is 5.91 Å². The van der Waals surface area contributed by atoms with Crippen molar-refractivity contribution in [2.75, 3.05) is 11.1 Å². The fourth-order valence-electron chi connectivity index (χ4n) is 1.95. The third-order valence-electron chi connectivity index (χ3n) is 3.11. The van der Waals surface area contributed by atoms with Crippen LogP contribution in [0.1, 0.15) is 21.5 Å². The number of hydrogen-bond acceptors (Lipinski definition) is 2. The van der Waals surface area contributed by atoms with Gasteiger partial charge in [-0.25, -0.2) is 0 Å². The van der Waals surface area contributed by atoms with Crippen molar-refractivity contribution in [2.45, 2.75) is 12.4 Å². The summed E-state index contributed by atoms with van der Waals surface area (Å²) in [6.45, 7) is 0. The minimum absolute atomic E-state index is 0.0371. The lowest BCUT2D eigenvalue weighted by Gasteiger charge is -2.15. The van der Waals surface area contributed by atoms with Crippen LogP contribution < -0.4 is 11.1 Å². The van der Waals surface area contributed by atoms with Crippen LogP contribution in [0.25, 0.3) is 0 Å². The topological polar surface area (TPSA) is 55.1 Å². The molecule has 0 saturated heterocycles. The Morgan fingerprint density at radius 1 is 0.920 bits per heavy atom. The van der Waals surface area contributed by atoms with E-state index in [2.05, 4.69) is 0 Å². The van der Waals surface area contributed by atoms with Crippen LogP contribution in [-0.2, 0) is 12.4 Å². The molecule has 0 spiro atoms. The molecule has 2 rings (SSSR count). The molecular formula is C15H9ClF6N2O. The Labute approximate surface area is 142 Å². The molecule has 0 aromatic heterocycles. The lowest BCUT2D eigenvalue weighted by molar-refractivity contribution is -0.143. The summed E-state index contributed by atoms with van der Waals surface area (Å²) in [6.07, 6.45) is -10.0. The smallest absolute Gasteiger partial charge is 0.398 e. The molecule has 0 aliphatic rings. The van der Waals surface area contributed by atoms with Crippen LogP contribution in [0.3, 0.4) is 0 Å². The van der Waals surface area contributed by atoms with Gasteiger partial charge in [-0.15, -0.1) is 0 Å². The number of anilines is 2. The number of halogens is 7. The third kappa shape index (κ3) is 4.56. The first-order valence-corrected chi connectivity index (χ1v) is 6.91. The normalized spacial score (nSPS) is 12.1. The number of nitrogen functional groups attached to an aromatic ring is 1. The van der Waals surface area contributed by atoms with E-state index in [0.717, 1.165) is 6.07 Å². The van der Waals surface area contributed by atoms with Gasteiger partial charge in [0.1, 0.15) is 0 Å². The van der Waals surface area contributed by atoms with E-state index in [1.807, 2.05) is 5.32 Å². The summed E-state index contributed by atoms with van der Waals surface area (Å²) in [7, 11) is 0. The first kappa shape index (κ1) is 18.9. The quantitative estimate of drug-likeness (QED) is 0.553. The molecule has 0 atom stereocenters. The predicted octanol–water partition coefficient (Wildman–Crippen LogP) is 5.21. The Morgan fingerprint density at radius 2 is 1.44 bits per heavy atom. The molecule has 0 aliphatic carbocycles. The van der Waals surface area contributed by atoms with Crippen molar-refractivity contribution in [1.29, 1.82) is 0 Å². The molecule has 0 heterocycles. The van der Waals surface area contributed by atoms with E-state index in [9.17, 15) is 31.1 Å². The molecule has 0 fully saturated rings. The van der Waals surface area contributed by atoms with E-state index < -0.39 is 35.1 Å². The molecule has 0 saturated carbocycles. The highest BCUT2D eigenvalue weighted by molar-refractivity contribution is 6.31. The number of rotatable bonds is 2. The zero-order valence-corrected chi connectivity index (χ0v) is 12.9. The van der Waals surface area contributed by atoms with Crippen molar-refractivity contribution < 1.29 is 31.1 Å². The summed E-state index contributed by atoms with van der Waals surface area (Å²) < 4.78 is 76.8. The summed E-state index contributed by atoms with van der Waals surface area (Å²) >= 11 is 5.70. The largest absolute Gasteiger partial charge is 0.416 e. The molecule has 1 amide bonds. The van der Waals surface area contributed by atoms with E-state index in [1.54, 1.807) is 0 Å². The minimum atomic E-state index is -5.02. The van der Waals surface area contributed by atoms with Crippen molar-refractivity contribution >= 4 is 28.9 Å². The number of amides is 1. The molecule has 2 aromatic carbocycles. The molecule has 134 valence electrons. The van der Waals surface area contributed by atoms with Gasteiger partial charge in [0.05, 0.1) is 16.7 Å². The summed E-state index contributed by atoms with van der Waals surface area (Å²) in [4.78, 5) is 12.1. The number of alkyl halides is 6. The average Bonchev–Trinajstić information content (AvgIpc) is 2.47. The average molecular weight is 383 g/mol. The first-order chi connectivity index (χ1) is 11.4. The van der Waals surface area contributed by atoms with Gasteiger partial charge in [-0.3, -0.25) is 4.79 Å². The highest BCUT2D eigenvalue weighted by atomic mass is 35.5. The Morgan fingerprint density at radius 3 is 1.92 bits per heavy atom. The summed E-state index contributed by atoms with van der Waals surface area (Å²) in [5, 5.41) is 2.10. The SMILES string of the molecule is Nc1ccc(Cl)cc1C(=O)Nc1cc(C(F)(F)F)cc(C(F)(F)F)c1. The zero-order chi connectivity index (χ0) is 19.0. The van der Waals surface area contributed by atoms with E-state index in [0.29, 0.717) is 12.1 Å². The fraction of sp³-hybridized carbons (Fsp3) is 0.133. The monoisotopic (exact) mass is 382 g/mol. The van der Waals surface area contributed by atoms with Crippen molar-refractivity contribution in [3.05, 3.63) is 58.1 Å². The highest BCUT2D eigenvalue weighted by Gasteiger charge is 2.37. The molecule has 25 heavy (non-hydrogen) atoms. The Bertz CT molecular complexity index is 784. The van der Waals surface area contributed by atoms with Crippen molar-refractivity contribution in [3.63, 3.8) is 0 Å². The Hall–Kier alpha value is -2.42. The van der Waals surface area contributed by atoms with Gasteiger partial charge in [-0.2, -0.15) is 26.3 Å². The second-order valence-corrected chi connectivity index (χ2v) is 5.42. The van der Waals surface area contributed by atoms with Crippen LogP contribution in [0.2, 0.25) is 5.02 Å². The number of nitrogens with two attached hydrogens (primary N) is 1. The van der Waals surface area contributed by atoms with Gasteiger partial charge in [0, 0.05) is 16.4 Å². The van der Waals surface area contributed by atoms with E-state index in [4.69, 9.17) is 17.3 Å². The van der Waals surface area contributed by atoms with Crippen LogP contribution in [0.5, 0.6) is 0 Å². The van der Waals surface area contributed by atoms with Gasteiger partial charge in [-0.05, 0) is 36.4 Å². The molecule has 0 bridgehead atoms. The predicted molar refractivity (Wildman–Crippen MR) is 80.3 cm³/mol. The number of hydrogen-bond donors (Lipinski definition) is 2. The minimum Gasteiger partial charge on any atom is -0.398 e. The molecule has 3 N–H and O–H groups in total. The van der Waals surface area contributed by atoms with E-state index >= 15 is 0 Å². The van der Waals surface area contributed by atoms with Gasteiger partial charge in [-0.1, -0.05) is 11.6 Å². The number of carbonyl (C=O) groups excluding carboxylic acids is 1. The number of nitrogens with one attached hydrogen (secondary N) is 1. The fourth-order valence-corrected chi connectivity index (χ4v) is 2.12. The van der Waals surface area contributed by atoms with E-state index in [1.165, 1.54) is 12.1 Å². The van der Waals surface area contributed by atoms with Gasteiger partial charge in [0.25, 0.3) is 5.91 Å². The van der Waals surface area contributed by atoms with Crippen molar-refractivity contribution in [3.8, 4) is 0 Å². The number of carbonyl (C=O) groups is 1. The first-order valence-electron chi connectivity index (χ1n) is 6.54. The Kier molecular flexibility index (Phi) is 4.90. The molecule has 2 aromatic rings.